The van der Waals surface area contributed by atoms with Crippen molar-refractivity contribution < 1.29 is 42.5 Å². The third-order valence-electron chi connectivity index (χ3n) is 7.95. The van der Waals surface area contributed by atoms with Gasteiger partial charge in [-0.25, -0.2) is 0 Å². The first-order valence-electron chi connectivity index (χ1n) is 30.3. The molecule has 0 amide bonds. The lowest BCUT2D eigenvalue weighted by molar-refractivity contribution is 1.62. The van der Waals surface area contributed by atoms with E-state index in [1.54, 1.807) is 0 Å². The molecule has 0 saturated heterocycles. The van der Waals surface area contributed by atoms with E-state index in [0.29, 0.717) is 0 Å². The fourth-order valence-corrected chi connectivity index (χ4v) is 5.69. The second-order valence-electron chi connectivity index (χ2n) is 10.8. The number of hydrogen-bond donors (Lipinski definition) is 0. The van der Waals surface area contributed by atoms with Crippen LogP contribution in [0.1, 0.15) is 42.5 Å². The van der Waals surface area contributed by atoms with Crippen LogP contribution in [0.15, 0.2) is 193 Å². The summed E-state index contributed by atoms with van der Waals surface area (Å²) in [6.45, 7) is 0. The summed E-state index contributed by atoms with van der Waals surface area (Å²) >= 11 is 0. The first-order chi connectivity index (χ1) is 37.7. The zero-order chi connectivity index (χ0) is 60.0. The topological polar surface area (TPSA) is 0 Å². The Bertz CT molecular complexity index is 4670. The van der Waals surface area contributed by atoms with E-state index in [1.165, 1.54) is 0 Å². The molecule has 0 unspecified atom stereocenters. The van der Waals surface area contributed by atoms with Crippen molar-refractivity contribution in [1.82, 2.24) is 0 Å². The van der Waals surface area contributed by atoms with E-state index >= 15 is 0 Å². The average molecular weight is 664 g/mol. The molecule has 10 aromatic carbocycles. The Morgan fingerprint density at radius 3 is 1.28 bits per heavy atom. The summed E-state index contributed by atoms with van der Waals surface area (Å²) in [6.07, 6.45) is 0. The van der Waals surface area contributed by atoms with Crippen LogP contribution >= 0.6 is 0 Å². The summed E-state index contributed by atoms with van der Waals surface area (Å²) < 4.78 is 281. The molecule has 0 aliphatic carbocycles. The molecule has 50 heavy (non-hydrogen) atoms. The molecule has 0 bridgehead atoms. The van der Waals surface area contributed by atoms with Crippen LogP contribution in [0.3, 0.4) is 0 Å². The maximum Gasteiger partial charge on any atom is 0.0636 e. The average Bonchev–Trinajstić information content (AvgIpc) is 3.38. The zero-order valence-corrected chi connectivity index (χ0v) is 25.1. The normalized spacial score (nSPS) is 20.3. The van der Waals surface area contributed by atoms with Gasteiger partial charge < -0.3 is 0 Å². The summed E-state index contributed by atoms with van der Waals surface area (Å²) in [7, 11) is 0. The Hall–Kier alpha value is -6.50. The van der Waals surface area contributed by atoms with Gasteiger partial charge in [-0.1, -0.05) is 169 Å². The first kappa shape index (κ1) is 11.3. The summed E-state index contributed by atoms with van der Waals surface area (Å²) in [5.74, 6) is 0. The fraction of sp³-hybridized carbons (Fsp3) is 0. The Morgan fingerprint density at radius 1 is 0.240 bits per heavy atom. The molecule has 0 aliphatic heterocycles. The second kappa shape index (κ2) is 11.6. The number of benzene rings is 10. The van der Waals surface area contributed by atoms with E-state index < -0.39 is 286 Å². The summed E-state index contributed by atoms with van der Waals surface area (Å²) in [6, 6.07) is -28.5. The third kappa shape index (κ3) is 4.77. The third-order valence-corrected chi connectivity index (χ3v) is 7.95. The lowest BCUT2D eigenvalue weighted by Gasteiger charge is -2.19. The lowest BCUT2D eigenvalue weighted by Crippen LogP contribution is -1.92. The molecule has 0 saturated carbocycles. The van der Waals surface area contributed by atoms with Gasteiger partial charge in [0.25, 0.3) is 0 Å². The van der Waals surface area contributed by atoms with Crippen molar-refractivity contribution in [2.75, 3.05) is 0 Å². The maximum absolute atomic E-state index is 10.2. The first-order valence-corrected chi connectivity index (χ1v) is 14.8. The molecule has 0 spiro atoms. The van der Waals surface area contributed by atoms with Crippen LogP contribution in [0.5, 0.6) is 0 Å². The minimum Gasteiger partial charge on any atom is -0.0616 e. The van der Waals surface area contributed by atoms with Gasteiger partial charge in [-0.05, 0) is 123 Å². The fourth-order valence-electron chi connectivity index (χ4n) is 5.69. The van der Waals surface area contributed by atoms with E-state index in [0.717, 1.165) is 6.07 Å². The number of hydrogen-bond acceptors (Lipinski definition) is 0. The summed E-state index contributed by atoms with van der Waals surface area (Å²) in [5.41, 5.74) is -6.59. The van der Waals surface area contributed by atoms with Crippen LogP contribution in [0.2, 0.25) is 0 Å². The highest BCUT2D eigenvalue weighted by Gasteiger charge is 2.18. The number of rotatable bonds is 4. The summed E-state index contributed by atoms with van der Waals surface area (Å²) in [4.78, 5) is 0. The largest absolute Gasteiger partial charge is 0.0636 e. The van der Waals surface area contributed by atoms with E-state index in [1.807, 2.05) is 0 Å². The lowest BCUT2D eigenvalue weighted by atomic mass is 9.84. The molecule has 10 rings (SSSR count). The number of fused-ring (bicyclic) bond motifs is 5. The van der Waals surface area contributed by atoms with Crippen LogP contribution in [0.4, 0.5) is 0 Å². The van der Waals surface area contributed by atoms with E-state index in [4.69, 9.17) is 23.3 Å². The van der Waals surface area contributed by atoms with Crippen molar-refractivity contribution in [3.8, 4) is 44.5 Å². The highest BCUT2D eigenvalue weighted by atomic mass is 14.2. The van der Waals surface area contributed by atoms with Crippen molar-refractivity contribution in [2.24, 2.45) is 0 Å². The van der Waals surface area contributed by atoms with Crippen molar-refractivity contribution in [3.05, 3.63) is 193 Å². The van der Waals surface area contributed by atoms with Gasteiger partial charge in [-0.3, -0.25) is 0 Å². The molecule has 0 heteroatoms. The van der Waals surface area contributed by atoms with Crippen LogP contribution in [0.25, 0.3) is 98.4 Å². The molecule has 0 atom stereocenters. The molecule has 0 aliphatic rings. The highest BCUT2D eigenvalue weighted by molar-refractivity contribution is 6.22. The van der Waals surface area contributed by atoms with Crippen molar-refractivity contribution in [3.63, 3.8) is 0 Å². The second-order valence-corrected chi connectivity index (χ2v) is 10.8. The smallest absolute Gasteiger partial charge is 0.0616 e. The Balaban J connectivity index is 1.50. The minimum atomic E-state index is -1.16. The molecular formula is C50H32. The maximum atomic E-state index is 10.2. The standard InChI is InChI=1S/C50H32/c1-4-12-38-29-41(24-19-33(38)9-1)36-17-22-37(23-18-36)49-45-15-7-8-16-46(45)50(44-26-21-35-11-3-6-14-40(35)31-44)48-32-43(27-28-47(48)49)42-25-20-34-10-2-5-13-39(34)30-42/h1-32H/i1D,2D,3D,4D,5D,6D,7D,8D,9D,10D,11D,12D,13D,14D,15D,16D,17D,18D,19D,20D,21D,22D,23D,24D,26D,27D,28D,29D,30D,31D,32D. The summed E-state index contributed by atoms with van der Waals surface area (Å²) in [5, 5.41) is -6.92. The van der Waals surface area contributed by atoms with Gasteiger partial charge in [-0.2, -0.15) is 0 Å². The predicted octanol–water partition coefficient (Wildman–Crippen LogP) is 14.1. The van der Waals surface area contributed by atoms with Gasteiger partial charge in [0.05, 0.1) is 42.5 Å². The Kier molecular flexibility index (Phi) is 2.61. The molecule has 10 aromatic rings. The van der Waals surface area contributed by atoms with Gasteiger partial charge >= 0.3 is 0 Å². The minimum absolute atomic E-state index is 0.458. The van der Waals surface area contributed by atoms with Crippen LogP contribution in [-0.4, -0.2) is 0 Å². The van der Waals surface area contributed by atoms with Gasteiger partial charge in [0.2, 0.25) is 0 Å². The predicted molar refractivity (Wildman–Crippen MR) is 216 cm³/mol. The van der Waals surface area contributed by atoms with Gasteiger partial charge in [0.1, 0.15) is 0 Å². The molecule has 232 valence electrons. The highest BCUT2D eigenvalue weighted by Crippen LogP contribution is 2.45. The molecular weight excluding hydrogens is 601 g/mol. The molecule has 0 aromatic heterocycles. The van der Waals surface area contributed by atoms with Gasteiger partial charge in [0.15, 0.2) is 0 Å². The van der Waals surface area contributed by atoms with Crippen molar-refractivity contribution >= 4 is 53.9 Å². The van der Waals surface area contributed by atoms with Crippen LogP contribution in [0, 0.1) is 0 Å². The monoisotopic (exact) mass is 663 g/mol. The molecule has 0 nitrogen and oxygen atoms in total. The molecule has 0 radical (unpaired) electrons. The van der Waals surface area contributed by atoms with Gasteiger partial charge in [0, 0.05) is 0 Å². The van der Waals surface area contributed by atoms with Crippen LogP contribution in [-0.2, 0) is 0 Å². The quantitative estimate of drug-likeness (QED) is 0.164. The van der Waals surface area contributed by atoms with E-state index in [9.17, 15) is 19.2 Å². The molecule has 0 N–H and O–H groups in total. The van der Waals surface area contributed by atoms with Crippen LogP contribution < -0.4 is 0 Å². The van der Waals surface area contributed by atoms with E-state index in [-0.39, 0.29) is 0 Å². The molecule has 0 fully saturated rings. The van der Waals surface area contributed by atoms with E-state index in [2.05, 4.69) is 0 Å². The Morgan fingerprint density at radius 2 is 0.640 bits per heavy atom. The SMILES string of the molecule is [2H]c1c([2H])c(-c2c3c([2H])c([2H])c([2H])c([2H])c3c(-c3c([2H])c([2H])c4c([2H])c([2H])c([2H])c([2H])c4c3[2H])c3c([2H])c(-c4cc([2H])c5c([2H])c([2H])c([2H])c([2H])c5c4[2H])c([2H])c([2H])c23)c([2H])c([2H])c1-c1c([2H])c([2H])c2c([2H])c([2H])c([2H])c([2H])c2c1[2H]. The van der Waals surface area contributed by atoms with Crippen molar-refractivity contribution in [2.45, 2.75) is 0 Å². The molecule has 0 heterocycles. The van der Waals surface area contributed by atoms with Crippen molar-refractivity contribution in [1.29, 1.82) is 0 Å². The Labute approximate surface area is 335 Å². The zero-order valence-electron chi connectivity index (χ0n) is 56.1. The van der Waals surface area contributed by atoms with Gasteiger partial charge in [-0.15, -0.1) is 0 Å².